The molecule has 0 aliphatic carbocycles. The predicted octanol–water partition coefficient (Wildman–Crippen LogP) is 5.26. The molecule has 1 aromatic heterocycles. The molecule has 20 heavy (non-hydrogen) atoms. The van der Waals surface area contributed by atoms with Crippen LogP contribution >= 0.6 is 27.3 Å². The second-order valence-corrected chi connectivity index (χ2v) is 6.74. The van der Waals surface area contributed by atoms with Gasteiger partial charge in [-0.15, -0.1) is 11.3 Å². The Hall–Kier alpha value is -1.14. The summed E-state index contributed by atoms with van der Waals surface area (Å²) in [5.41, 5.74) is 0.584. The van der Waals surface area contributed by atoms with Crippen LogP contribution in [0.15, 0.2) is 34.1 Å². The molecule has 0 bridgehead atoms. The van der Waals surface area contributed by atoms with E-state index in [1.807, 2.05) is 6.92 Å². The summed E-state index contributed by atoms with van der Waals surface area (Å²) in [5.74, 6) is -0.178. The van der Waals surface area contributed by atoms with Gasteiger partial charge in [0.15, 0.2) is 5.78 Å². The summed E-state index contributed by atoms with van der Waals surface area (Å²) in [4.78, 5) is 12.6. The van der Waals surface area contributed by atoms with Crippen molar-refractivity contribution in [3.63, 3.8) is 0 Å². The van der Waals surface area contributed by atoms with Gasteiger partial charge in [0.1, 0.15) is 0 Å². The van der Waals surface area contributed by atoms with Crippen molar-refractivity contribution in [1.29, 1.82) is 0 Å². The number of benzene rings is 1. The molecule has 1 heterocycles. The molecule has 6 heteroatoms. The predicted molar refractivity (Wildman–Crippen MR) is 76.2 cm³/mol. The van der Waals surface area contributed by atoms with Crippen LogP contribution in [0.4, 0.5) is 13.2 Å². The quantitative estimate of drug-likeness (QED) is 0.680. The highest BCUT2D eigenvalue weighted by Gasteiger charge is 2.30. The third-order valence-corrected chi connectivity index (χ3v) is 4.93. The minimum absolute atomic E-state index is 0.0314. The van der Waals surface area contributed by atoms with Crippen LogP contribution in [-0.2, 0) is 12.6 Å². The van der Waals surface area contributed by atoms with E-state index >= 15 is 0 Å². The van der Waals surface area contributed by atoms with Gasteiger partial charge < -0.3 is 0 Å². The zero-order valence-electron chi connectivity index (χ0n) is 10.4. The number of thiophene rings is 1. The number of hydrogen-bond donors (Lipinski definition) is 0. The van der Waals surface area contributed by atoms with Gasteiger partial charge in [0.25, 0.3) is 0 Å². The SMILES string of the molecule is Cc1cc(C(=O)Cc2cccc(C(F)(F)F)c2)sc1Br. The number of halogens is 4. The Morgan fingerprint density at radius 1 is 1.30 bits per heavy atom. The number of carbonyl (C=O) groups excluding carboxylic acids is 1. The highest BCUT2D eigenvalue weighted by molar-refractivity contribution is 9.11. The molecule has 0 atom stereocenters. The average molecular weight is 363 g/mol. The first-order valence-corrected chi connectivity index (χ1v) is 7.33. The van der Waals surface area contributed by atoms with Crippen LogP contribution in [0.3, 0.4) is 0 Å². The molecule has 0 saturated heterocycles. The first kappa shape index (κ1) is 15.3. The molecule has 0 radical (unpaired) electrons. The first-order valence-electron chi connectivity index (χ1n) is 5.72. The van der Waals surface area contributed by atoms with Crippen molar-refractivity contribution in [1.82, 2.24) is 0 Å². The van der Waals surface area contributed by atoms with Gasteiger partial charge in [0.2, 0.25) is 0 Å². The van der Waals surface area contributed by atoms with Crippen molar-refractivity contribution in [3.8, 4) is 0 Å². The summed E-state index contributed by atoms with van der Waals surface area (Å²) >= 11 is 4.62. The van der Waals surface area contributed by atoms with Crippen molar-refractivity contribution in [2.45, 2.75) is 19.5 Å². The molecule has 0 fully saturated rings. The lowest BCUT2D eigenvalue weighted by Crippen LogP contribution is -2.07. The maximum Gasteiger partial charge on any atom is 0.416 e. The lowest BCUT2D eigenvalue weighted by molar-refractivity contribution is -0.137. The standard InChI is InChI=1S/C14H10BrF3OS/c1-8-5-12(20-13(8)15)11(19)7-9-3-2-4-10(6-9)14(16,17)18/h2-6H,7H2,1H3. The Bertz CT molecular complexity index is 627. The zero-order valence-corrected chi connectivity index (χ0v) is 12.8. The van der Waals surface area contributed by atoms with Crippen LogP contribution in [0.1, 0.15) is 26.4 Å². The van der Waals surface area contributed by atoms with E-state index in [0.29, 0.717) is 10.4 Å². The number of alkyl halides is 3. The van der Waals surface area contributed by atoms with Crippen molar-refractivity contribution in [2.24, 2.45) is 0 Å². The highest BCUT2D eigenvalue weighted by Crippen LogP contribution is 2.31. The monoisotopic (exact) mass is 362 g/mol. The minimum atomic E-state index is -4.39. The second-order valence-electron chi connectivity index (χ2n) is 4.37. The van der Waals surface area contributed by atoms with Crippen molar-refractivity contribution in [2.75, 3.05) is 0 Å². The van der Waals surface area contributed by atoms with Crippen LogP contribution in [0, 0.1) is 6.92 Å². The molecule has 0 spiro atoms. The average Bonchev–Trinajstić information content (AvgIpc) is 2.69. The van der Waals surface area contributed by atoms with Crippen molar-refractivity contribution in [3.05, 3.63) is 55.7 Å². The lowest BCUT2D eigenvalue weighted by Gasteiger charge is -2.08. The molecule has 2 rings (SSSR count). The molecule has 0 aliphatic heterocycles. The fourth-order valence-electron chi connectivity index (χ4n) is 1.73. The fraction of sp³-hybridized carbons (Fsp3) is 0.214. The van der Waals surface area contributed by atoms with Crippen LogP contribution in [0.25, 0.3) is 0 Å². The molecule has 1 nitrogen and oxygen atoms in total. The molecule has 0 N–H and O–H groups in total. The van der Waals surface area contributed by atoms with E-state index in [1.54, 1.807) is 6.07 Å². The molecular weight excluding hydrogens is 353 g/mol. The first-order chi connectivity index (χ1) is 9.27. The number of hydrogen-bond acceptors (Lipinski definition) is 2. The number of ketones is 1. The largest absolute Gasteiger partial charge is 0.416 e. The number of Topliss-reactive ketones (excluding diaryl/α,β-unsaturated/α-hetero) is 1. The molecule has 106 valence electrons. The van der Waals surface area contributed by atoms with E-state index in [4.69, 9.17) is 0 Å². The van der Waals surface area contributed by atoms with E-state index in [2.05, 4.69) is 15.9 Å². The fourth-order valence-corrected chi connectivity index (χ4v) is 3.20. The summed E-state index contributed by atoms with van der Waals surface area (Å²) in [6, 6.07) is 6.61. The van der Waals surface area contributed by atoms with Gasteiger partial charge >= 0.3 is 6.18 Å². The van der Waals surface area contributed by atoms with Crippen LogP contribution in [-0.4, -0.2) is 5.78 Å². The molecule has 1 aromatic carbocycles. The van der Waals surface area contributed by atoms with Gasteiger partial charge in [0, 0.05) is 6.42 Å². The molecular formula is C14H10BrF3OS. The summed E-state index contributed by atoms with van der Waals surface area (Å²) < 4.78 is 38.7. The zero-order chi connectivity index (χ0) is 14.9. The molecule has 0 aliphatic rings. The summed E-state index contributed by atoms with van der Waals surface area (Å²) in [5, 5.41) is 0. The van der Waals surface area contributed by atoms with Gasteiger partial charge in [-0.25, -0.2) is 0 Å². The third-order valence-electron chi connectivity index (χ3n) is 2.75. The van der Waals surface area contributed by atoms with E-state index in [1.165, 1.54) is 23.5 Å². The Balaban J connectivity index is 2.20. The van der Waals surface area contributed by atoms with Crippen molar-refractivity contribution < 1.29 is 18.0 Å². The normalized spacial score (nSPS) is 11.7. The maximum atomic E-state index is 12.6. The molecule has 0 amide bonds. The molecule has 0 unspecified atom stereocenters. The van der Waals surface area contributed by atoms with Crippen molar-refractivity contribution >= 4 is 33.0 Å². The van der Waals surface area contributed by atoms with Crippen LogP contribution in [0.2, 0.25) is 0 Å². The van der Waals surface area contributed by atoms with E-state index in [9.17, 15) is 18.0 Å². The Kier molecular flexibility index (Phi) is 4.34. The number of rotatable bonds is 3. The topological polar surface area (TPSA) is 17.1 Å². The smallest absolute Gasteiger partial charge is 0.293 e. The van der Waals surface area contributed by atoms with Gasteiger partial charge in [-0.1, -0.05) is 18.2 Å². The Morgan fingerprint density at radius 2 is 2.00 bits per heavy atom. The number of aryl methyl sites for hydroxylation is 1. The third kappa shape index (κ3) is 3.49. The van der Waals surface area contributed by atoms with Gasteiger partial charge in [-0.3, -0.25) is 4.79 Å². The summed E-state index contributed by atoms with van der Waals surface area (Å²) in [6.07, 6.45) is -4.42. The van der Waals surface area contributed by atoms with E-state index < -0.39 is 11.7 Å². The molecule has 0 saturated carbocycles. The second kappa shape index (κ2) is 5.69. The van der Waals surface area contributed by atoms with Crippen LogP contribution < -0.4 is 0 Å². The summed E-state index contributed by atoms with van der Waals surface area (Å²) in [6.45, 7) is 1.86. The van der Waals surface area contributed by atoms with E-state index in [0.717, 1.165) is 21.5 Å². The van der Waals surface area contributed by atoms with Crippen LogP contribution in [0.5, 0.6) is 0 Å². The van der Waals surface area contributed by atoms with Gasteiger partial charge in [-0.2, -0.15) is 13.2 Å². The number of carbonyl (C=O) groups is 1. The maximum absolute atomic E-state index is 12.6. The lowest BCUT2D eigenvalue weighted by atomic mass is 10.0. The van der Waals surface area contributed by atoms with Gasteiger partial charge in [-0.05, 0) is 46.1 Å². The van der Waals surface area contributed by atoms with Gasteiger partial charge in [0.05, 0.1) is 14.2 Å². The van der Waals surface area contributed by atoms with E-state index in [-0.39, 0.29) is 12.2 Å². The minimum Gasteiger partial charge on any atom is -0.293 e. The Labute approximate surface area is 126 Å². The Morgan fingerprint density at radius 3 is 2.55 bits per heavy atom. The molecule has 2 aromatic rings. The summed E-state index contributed by atoms with van der Waals surface area (Å²) in [7, 11) is 0. The highest BCUT2D eigenvalue weighted by atomic mass is 79.9.